The predicted octanol–water partition coefficient (Wildman–Crippen LogP) is 1.80. The van der Waals surface area contributed by atoms with Gasteiger partial charge in [0, 0.05) is 44.5 Å². The maximum Gasteiger partial charge on any atom is 0.117 e. The van der Waals surface area contributed by atoms with Gasteiger partial charge in [-0.1, -0.05) is 0 Å². The normalized spacial score (nSPS) is 17.6. The highest BCUT2D eigenvalue weighted by atomic mass is 16.3. The SMILES string of the molecule is c1coc(CN2CCC(NCCc3ncc[nH]3)CC2)c1. The van der Waals surface area contributed by atoms with Gasteiger partial charge in [0.25, 0.3) is 0 Å². The Hall–Kier alpha value is -1.59. The minimum atomic E-state index is 0.637. The average Bonchev–Trinajstić information content (AvgIpc) is 3.14. The summed E-state index contributed by atoms with van der Waals surface area (Å²) in [6, 6.07) is 4.64. The lowest BCUT2D eigenvalue weighted by molar-refractivity contribution is 0.179. The molecular formula is C15H22N4O. The molecule has 2 aromatic heterocycles. The van der Waals surface area contributed by atoms with Crippen LogP contribution in [0.25, 0.3) is 0 Å². The highest BCUT2D eigenvalue weighted by molar-refractivity contribution is 4.98. The van der Waals surface area contributed by atoms with Gasteiger partial charge in [0.05, 0.1) is 12.8 Å². The fourth-order valence-corrected chi connectivity index (χ4v) is 2.75. The van der Waals surface area contributed by atoms with Crippen LogP contribution in [0.1, 0.15) is 24.4 Å². The van der Waals surface area contributed by atoms with Crippen LogP contribution < -0.4 is 5.32 Å². The molecule has 0 unspecified atom stereocenters. The minimum Gasteiger partial charge on any atom is -0.468 e. The van der Waals surface area contributed by atoms with Gasteiger partial charge in [-0.3, -0.25) is 4.90 Å². The molecule has 20 heavy (non-hydrogen) atoms. The number of imidazole rings is 1. The van der Waals surface area contributed by atoms with Gasteiger partial charge in [0.2, 0.25) is 0 Å². The number of hydrogen-bond donors (Lipinski definition) is 2. The van der Waals surface area contributed by atoms with E-state index in [1.54, 1.807) is 6.26 Å². The summed E-state index contributed by atoms with van der Waals surface area (Å²) >= 11 is 0. The summed E-state index contributed by atoms with van der Waals surface area (Å²) in [5, 5.41) is 3.63. The number of H-pyrrole nitrogens is 1. The molecule has 108 valence electrons. The molecule has 1 fully saturated rings. The average molecular weight is 274 g/mol. The monoisotopic (exact) mass is 274 g/mol. The van der Waals surface area contributed by atoms with Crippen molar-refractivity contribution in [3.63, 3.8) is 0 Å². The number of piperidine rings is 1. The maximum atomic E-state index is 5.40. The molecule has 0 spiro atoms. The molecule has 3 rings (SSSR count). The summed E-state index contributed by atoms with van der Waals surface area (Å²) in [7, 11) is 0. The molecular weight excluding hydrogens is 252 g/mol. The summed E-state index contributed by atoms with van der Waals surface area (Å²) < 4.78 is 5.40. The van der Waals surface area contributed by atoms with Crippen molar-refractivity contribution >= 4 is 0 Å². The Morgan fingerprint density at radius 2 is 2.30 bits per heavy atom. The summed E-state index contributed by atoms with van der Waals surface area (Å²) in [4.78, 5) is 9.84. The number of rotatable bonds is 6. The summed E-state index contributed by atoms with van der Waals surface area (Å²) in [6.45, 7) is 4.21. The second-order valence-corrected chi connectivity index (χ2v) is 5.37. The first-order valence-corrected chi connectivity index (χ1v) is 7.36. The third-order valence-corrected chi connectivity index (χ3v) is 3.90. The second kappa shape index (κ2) is 6.72. The maximum absolute atomic E-state index is 5.40. The van der Waals surface area contributed by atoms with E-state index < -0.39 is 0 Å². The van der Waals surface area contributed by atoms with Crippen molar-refractivity contribution in [2.24, 2.45) is 0 Å². The molecule has 0 bridgehead atoms. The van der Waals surface area contributed by atoms with Crippen molar-refractivity contribution in [2.45, 2.75) is 31.8 Å². The molecule has 5 nitrogen and oxygen atoms in total. The van der Waals surface area contributed by atoms with E-state index in [4.69, 9.17) is 4.42 Å². The number of likely N-dealkylation sites (tertiary alicyclic amines) is 1. The Balaban J connectivity index is 1.34. The summed E-state index contributed by atoms with van der Waals surface area (Å²) in [5.74, 6) is 2.13. The lowest BCUT2D eigenvalue weighted by atomic mass is 10.0. The van der Waals surface area contributed by atoms with Crippen LogP contribution in [-0.4, -0.2) is 40.5 Å². The molecule has 0 radical (unpaired) electrons. The molecule has 1 aliphatic rings. The number of hydrogen-bond acceptors (Lipinski definition) is 4. The summed E-state index contributed by atoms with van der Waals surface area (Å²) in [5.41, 5.74) is 0. The van der Waals surface area contributed by atoms with E-state index in [9.17, 15) is 0 Å². The van der Waals surface area contributed by atoms with E-state index in [1.165, 1.54) is 12.8 Å². The van der Waals surface area contributed by atoms with Gasteiger partial charge in [-0.05, 0) is 25.0 Å². The molecule has 0 amide bonds. The van der Waals surface area contributed by atoms with Crippen LogP contribution in [0.5, 0.6) is 0 Å². The van der Waals surface area contributed by atoms with Crippen LogP contribution in [0.4, 0.5) is 0 Å². The molecule has 0 aliphatic carbocycles. The van der Waals surface area contributed by atoms with E-state index in [-0.39, 0.29) is 0 Å². The Labute approximate surface area is 119 Å². The quantitative estimate of drug-likeness (QED) is 0.843. The van der Waals surface area contributed by atoms with Gasteiger partial charge in [0.1, 0.15) is 11.6 Å². The van der Waals surface area contributed by atoms with Gasteiger partial charge in [-0.15, -0.1) is 0 Å². The zero-order chi connectivity index (χ0) is 13.6. The third-order valence-electron chi connectivity index (χ3n) is 3.90. The van der Waals surface area contributed by atoms with Crippen LogP contribution in [-0.2, 0) is 13.0 Å². The first kappa shape index (κ1) is 13.4. The zero-order valence-corrected chi connectivity index (χ0v) is 11.7. The van der Waals surface area contributed by atoms with Gasteiger partial charge in [-0.25, -0.2) is 4.98 Å². The molecule has 2 aromatic rings. The van der Waals surface area contributed by atoms with Crippen molar-refractivity contribution in [3.05, 3.63) is 42.4 Å². The van der Waals surface area contributed by atoms with Gasteiger partial charge in [-0.2, -0.15) is 0 Å². The van der Waals surface area contributed by atoms with E-state index in [2.05, 4.69) is 20.2 Å². The molecule has 1 saturated heterocycles. The number of aromatic nitrogens is 2. The van der Waals surface area contributed by atoms with Crippen molar-refractivity contribution in [3.8, 4) is 0 Å². The molecule has 0 saturated carbocycles. The fourth-order valence-electron chi connectivity index (χ4n) is 2.75. The van der Waals surface area contributed by atoms with Crippen molar-refractivity contribution in [1.29, 1.82) is 0 Å². The van der Waals surface area contributed by atoms with Crippen molar-refractivity contribution < 1.29 is 4.42 Å². The predicted molar refractivity (Wildman–Crippen MR) is 77.3 cm³/mol. The highest BCUT2D eigenvalue weighted by Crippen LogP contribution is 2.14. The molecule has 1 aliphatic heterocycles. The Bertz CT molecular complexity index is 472. The molecule has 3 heterocycles. The Morgan fingerprint density at radius 1 is 1.40 bits per heavy atom. The van der Waals surface area contributed by atoms with Crippen molar-refractivity contribution in [1.82, 2.24) is 20.2 Å². The first-order chi connectivity index (χ1) is 9.90. The Morgan fingerprint density at radius 3 is 3.00 bits per heavy atom. The summed E-state index contributed by atoms with van der Waals surface area (Å²) in [6.07, 6.45) is 8.82. The Kier molecular flexibility index (Phi) is 4.50. The van der Waals surface area contributed by atoms with Crippen molar-refractivity contribution in [2.75, 3.05) is 19.6 Å². The van der Waals surface area contributed by atoms with Crippen LogP contribution in [0.2, 0.25) is 0 Å². The molecule has 2 N–H and O–H groups in total. The number of nitrogens with one attached hydrogen (secondary N) is 2. The lowest BCUT2D eigenvalue weighted by Gasteiger charge is -2.31. The van der Waals surface area contributed by atoms with E-state index in [0.29, 0.717) is 6.04 Å². The van der Waals surface area contributed by atoms with Gasteiger partial charge in [0.15, 0.2) is 0 Å². The lowest BCUT2D eigenvalue weighted by Crippen LogP contribution is -2.42. The number of nitrogens with zero attached hydrogens (tertiary/aromatic N) is 2. The zero-order valence-electron chi connectivity index (χ0n) is 11.7. The second-order valence-electron chi connectivity index (χ2n) is 5.37. The van der Waals surface area contributed by atoms with E-state index in [0.717, 1.165) is 44.2 Å². The molecule has 0 atom stereocenters. The topological polar surface area (TPSA) is 57.1 Å². The van der Waals surface area contributed by atoms with Crippen LogP contribution in [0.3, 0.4) is 0 Å². The molecule has 5 heteroatoms. The molecule has 0 aromatic carbocycles. The van der Waals surface area contributed by atoms with Crippen LogP contribution in [0, 0.1) is 0 Å². The fraction of sp³-hybridized carbons (Fsp3) is 0.533. The van der Waals surface area contributed by atoms with Gasteiger partial charge >= 0.3 is 0 Å². The standard InChI is InChI=1S/C15H22N4O/c1-2-14(20-11-1)12-19-9-4-13(5-10-19)16-6-3-15-17-7-8-18-15/h1-2,7-8,11,13,16H,3-6,9-10,12H2,(H,17,18). The minimum absolute atomic E-state index is 0.637. The largest absolute Gasteiger partial charge is 0.468 e. The smallest absolute Gasteiger partial charge is 0.117 e. The van der Waals surface area contributed by atoms with Crippen LogP contribution in [0.15, 0.2) is 35.2 Å². The van der Waals surface area contributed by atoms with Gasteiger partial charge < -0.3 is 14.7 Å². The number of furan rings is 1. The van der Waals surface area contributed by atoms with E-state index in [1.807, 2.05) is 24.5 Å². The highest BCUT2D eigenvalue weighted by Gasteiger charge is 2.19. The van der Waals surface area contributed by atoms with Crippen LogP contribution >= 0.6 is 0 Å². The van der Waals surface area contributed by atoms with E-state index >= 15 is 0 Å². The first-order valence-electron chi connectivity index (χ1n) is 7.36. The number of aromatic amines is 1. The third kappa shape index (κ3) is 3.71.